The van der Waals surface area contributed by atoms with Crippen molar-refractivity contribution >= 4 is 45.9 Å². The molecule has 10 nitrogen and oxygen atoms in total. The molecule has 0 aliphatic carbocycles. The fourth-order valence-electron chi connectivity index (χ4n) is 3.13. The average Bonchev–Trinajstić information content (AvgIpc) is 3.05. The van der Waals surface area contributed by atoms with Crippen LogP contribution in [0.5, 0.6) is 11.5 Å². The molecule has 11 heteroatoms. The number of imide groups is 1. The molecule has 158 valence electrons. The maximum Gasteiger partial charge on any atom is 0.414 e. The zero-order valence-electron chi connectivity index (χ0n) is 17.0. The SMILES string of the molecule is C=C(C)C[N+]1=C(N/N=C/c2cc(Br)c(O)c(OC)c2)N=C2C1C(=O)N(C)C(=O)N2C. The number of amidine groups is 1. The maximum absolute atomic E-state index is 12.7. The second-order valence-corrected chi connectivity index (χ2v) is 7.80. The molecule has 1 fully saturated rings. The summed E-state index contributed by atoms with van der Waals surface area (Å²) in [6.45, 7) is 6.11. The van der Waals surface area contributed by atoms with E-state index in [1.807, 2.05) is 6.92 Å². The van der Waals surface area contributed by atoms with E-state index in [1.54, 1.807) is 23.8 Å². The Bertz CT molecular complexity index is 1030. The predicted octanol–water partition coefficient (Wildman–Crippen LogP) is 1.34. The number of nitrogens with zero attached hydrogens (tertiary/aromatic N) is 5. The summed E-state index contributed by atoms with van der Waals surface area (Å²) < 4.78 is 7.30. The van der Waals surface area contributed by atoms with Crippen LogP contribution in [0.15, 0.2) is 38.9 Å². The summed E-state index contributed by atoms with van der Waals surface area (Å²) in [5.41, 5.74) is 4.31. The third kappa shape index (κ3) is 3.80. The Kier molecular flexibility index (Phi) is 5.92. The summed E-state index contributed by atoms with van der Waals surface area (Å²) in [6, 6.07) is 2.10. The molecule has 0 saturated carbocycles. The van der Waals surface area contributed by atoms with Crippen molar-refractivity contribution in [3.8, 4) is 11.5 Å². The summed E-state index contributed by atoms with van der Waals surface area (Å²) in [7, 11) is 4.47. The molecule has 1 atom stereocenters. The fraction of sp³-hybridized carbons (Fsp3) is 0.316. The Balaban J connectivity index is 1.92. The van der Waals surface area contributed by atoms with Crippen LogP contribution in [0.3, 0.4) is 0 Å². The molecule has 1 aromatic rings. The molecule has 30 heavy (non-hydrogen) atoms. The number of phenols is 1. The number of urea groups is 1. The lowest BCUT2D eigenvalue weighted by Crippen LogP contribution is -2.61. The van der Waals surface area contributed by atoms with Crippen molar-refractivity contribution in [2.75, 3.05) is 27.7 Å². The van der Waals surface area contributed by atoms with Gasteiger partial charge in [-0.15, -0.1) is 5.10 Å². The summed E-state index contributed by atoms with van der Waals surface area (Å²) >= 11 is 3.26. The molecule has 1 saturated heterocycles. The Morgan fingerprint density at radius 1 is 1.43 bits per heavy atom. The van der Waals surface area contributed by atoms with E-state index < -0.39 is 12.1 Å². The van der Waals surface area contributed by atoms with Gasteiger partial charge in [0.05, 0.1) is 24.3 Å². The number of fused-ring (bicyclic) bond motifs is 1. The normalized spacial score (nSPS) is 18.8. The lowest BCUT2D eigenvalue weighted by atomic mass is 10.1. The van der Waals surface area contributed by atoms with Crippen LogP contribution in [0.2, 0.25) is 0 Å². The van der Waals surface area contributed by atoms with E-state index in [-0.39, 0.29) is 11.7 Å². The maximum atomic E-state index is 12.7. The summed E-state index contributed by atoms with van der Waals surface area (Å²) in [5.74, 6) is 0.569. The zero-order chi connectivity index (χ0) is 22.2. The van der Waals surface area contributed by atoms with Crippen molar-refractivity contribution < 1.29 is 24.0 Å². The van der Waals surface area contributed by atoms with E-state index in [0.29, 0.717) is 34.1 Å². The monoisotopic (exact) mass is 477 g/mol. The Labute approximate surface area is 182 Å². The number of nitrogens with one attached hydrogen (secondary N) is 1. The molecule has 2 aliphatic rings. The molecule has 2 N–H and O–H groups in total. The van der Waals surface area contributed by atoms with Crippen LogP contribution in [-0.2, 0) is 4.79 Å². The summed E-state index contributed by atoms with van der Waals surface area (Å²) in [5, 5.41) is 14.1. The van der Waals surface area contributed by atoms with Crippen molar-refractivity contribution in [2.24, 2.45) is 10.1 Å². The highest BCUT2D eigenvalue weighted by molar-refractivity contribution is 9.10. The van der Waals surface area contributed by atoms with Crippen LogP contribution in [0.4, 0.5) is 4.79 Å². The van der Waals surface area contributed by atoms with Gasteiger partial charge in [0.15, 0.2) is 11.5 Å². The van der Waals surface area contributed by atoms with Gasteiger partial charge in [-0.25, -0.2) is 9.37 Å². The number of hydrogen-bond acceptors (Lipinski definition) is 7. The number of amides is 3. The van der Waals surface area contributed by atoms with Gasteiger partial charge < -0.3 is 9.84 Å². The van der Waals surface area contributed by atoms with E-state index >= 15 is 0 Å². The van der Waals surface area contributed by atoms with Gasteiger partial charge in [0.2, 0.25) is 11.9 Å². The van der Waals surface area contributed by atoms with Crippen LogP contribution < -0.4 is 10.2 Å². The van der Waals surface area contributed by atoms with E-state index in [4.69, 9.17) is 4.74 Å². The number of aromatic hydroxyl groups is 1. The van der Waals surface area contributed by atoms with E-state index in [1.165, 1.54) is 25.3 Å². The number of benzene rings is 1. The predicted molar refractivity (Wildman–Crippen MR) is 115 cm³/mol. The number of carbonyl (C=O) groups excluding carboxylic acids is 2. The molecular weight excluding hydrogens is 456 g/mol. The first-order chi connectivity index (χ1) is 14.1. The molecule has 0 aromatic heterocycles. The third-order valence-electron chi connectivity index (χ3n) is 4.62. The number of ether oxygens (including phenoxy) is 1. The minimum Gasteiger partial charge on any atom is -0.503 e. The average molecular weight is 478 g/mol. The highest BCUT2D eigenvalue weighted by Crippen LogP contribution is 2.34. The lowest BCUT2D eigenvalue weighted by molar-refractivity contribution is -0.529. The van der Waals surface area contributed by atoms with Crippen LogP contribution >= 0.6 is 15.9 Å². The molecule has 0 spiro atoms. The number of aliphatic imine (C=N–C) groups is 1. The van der Waals surface area contributed by atoms with Crippen LogP contribution in [0.25, 0.3) is 0 Å². The molecule has 3 rings (SSSR count). The number of guanidine groups is 1. The Morgan fingerprint density at radius 2 is 2.13 bits per heavy atom. The standard InChI is InChI=1S/C19H21BrN6O4/c1-10(2)9-26-14-16(24(3)19(29)25(4)17(14)28)22-18(26)23-21-8-11-6-12(20)15(27)13(7-11)30-5/h6-8,14H,1,9H2,2-5H3,(H,21,27)/p+1. The molecule has 0 bridgehead atoms. The van der Waals surface area contributed by atoms with E-state index in [9.17, 15) is 14.7 Å². The second kappa shape index (κ2) is 8.27. The molecule has 2 aliphatic heterocycles. The first kappa shape index (κ1) is 21.5. The van der Waals surface area contributed by atoms with Gasteiger partial charge in [-0.3, -0.25) is 14.6 Å². The van der Waals surface area contributed by atoms with Crippen molar-refractivity contribution in [1.82, 2.24) is 15.2 Å². The van der Waals surface area contributed by atoms with Crippen LogP contribution in [-0.4, -0.2) is 83.2 Å². The first-order valence-electron chi connectivity index (χ1n) is 8.93. The number of hydrogen-bond donors (Lipinski definition) is 2. The minimum absolute atomic E-state index is 0.00813. The number of phenolic OH excluding ortho intramolecular Hbond substituents is 1. The number of halogens is 1. The Morgan fingerprint density at radius 3 is 2.77 bits per heavy atom. The molecule has 0 radical (unpaired) electrons. The van der Waals surface area contributed by atoms with Gasteiger partial charge >= 0.3 is 12.0 Å². The molecule has 3 amide bonds. The lowest BCUT2D eigenvalue weighted by Gasteiger charge is -2.31. The minimum atomic E-state index is -0.741. The van der Waals surface area contributed by atoms with Gasteiger partial charge in [0.25, 0.3) is 5.91 Å². The highest BCUT2D eigenvalue weighted by atomic mass is 79.9. The van der Waals surface area contributed by atoms with Crippen molar-refractivity contribution in [2.45, 2.75) is 13.0 Å². The van der Waals surface area contributed by atoms with Crippen molar-refractivity contribution in [3.63, 3.8) is 0 Å². The van der Waals surface area contributed by atoms with Gasteiger partial charge in [0, 0.05) is 19.7 Å². The van der Waals surface area contributed by atoms with Crippen molar-refractivity contribution in [1.29, 1.82) is 0 Å². The zero-order valence-corrected chi connectivity index (χ0v) is 18.6. The number of rotatable bonds is 5. The second-order valence-electron chi connectivity index (χ2n) is 6.94. The van der Waals surface area contributed by atoms with Gasteiger partial charge in [0.1, 0.15) is 0 Å². The number of likely N-dealkylation sites (N-methyl/N-ethyl adjacent to an activating group) is 2. The molecule has 1 unspecified atom stereocenters. The van der Waals surface area contributed by atoms with Crippen LogP contribution in [0.1, 0.15) is 12.5 Å². The Hall–Kier alpha value is -3.21. The number of hydrazone groups is 1. The third-order valence-corrected chi connectivity index (χ3v) is 5.22. The molecule has 2 heterocycles. The topological polar surface area (TPSA) is 110 Å². The molecule has 1 aromatic carbocycles. The quantitative estimate of drug-likeness (QED) is 0.287. The van der Waals surface area contributed by atoms with Gasteiger partial charge in [-0.1, -0.05) is 11.6 Å². The highest BCUT2D eigenvalue weighted by Gasteiger charge is 2.51. The molecular formula is C19H22BrN6O4+. The fourth-order valence-corrected chi connectivity index (χ4v) is 3.59. The van der Waals surface area contributed by atoms with Crippen LogP contribution in [0, 0.1) is 0 Å². The number of methoxy groups -OCH3 is 1. The summed E-state index contributed by atoms with van der Waals surface area (Å²) in [6.07, 6.45) is 1.52. The smallest absolute Gasteiger partial charge is 0.414 e. The summed E-state index contributed by atoms with van der Waals surface area (Å²) in [4.78, 5) is 31.8. The number of carbonyl (C=O) groups is 2. The van der Waals surface area contributed by atoms with E-state index in [0.717, 1.165) is 10.5 Å². The van der Waals surface area contributed by atoms with Gasteiger partial charge in [-0.2, -0.15) is 5.43 Å². The van der Waals surface area contributed by atoms with Gasteiger partial charge in [-0.05, 0) is 40.6 Å². The largest absolute Gasteiger partial charge is 0.503 e. The van der Waals surface area contributed by atoms with Crippen molar-refractivity contribution in [3.05, 3.63) is 34.3 Å². The van der Waals surface area contributed by atoms with E-state index in [2.05, 4.69) is 38.0 Å². The first-order valence-corrected chi connectivity index (χ1v) is 9.72.